The summed E-state index contributed by atoms with van der Waals surface area (Å²) in [4.78, 5) is 60.5. The maximum absolute atomic E-state index is 14.2. The van der Waals surface area contributed by atoms with Crippen LogP contribution in [-0.4, -0.2) is 141 Å². The summed E-state index contributed by atoms with van der Waals surface area (Å²) in [5.41, 5.74) is -2.15. The summed E-state index contributed by atoms with van der Waals surface area (Å²) in [6, 6.07) is 3.19. The number of alkyl halides is 3. The Morgan fingerprint density at radius 1 is 0.983 bits per heavy atom. The molecule has 0 radical (unpaired) electrons. The summed E-state index contributed by atoms with van der Waals surface area (Å²) in [7, 11) is 8.32. The molecule has 0 aromatic heterocycles. The highest BCUT2D eigenvalue weighted by Crippen LogP contribution is 2.52. The second kappa shape index (κ2) is 21.2. The molecule has 334 valence electrons. The molecular weight excluding hydrogens is 773 g/mol. The topological polar surface area (TPSA) is 163 Å². The van der Waals surface area contributed by atoms with Gasteiger partial charge in [-0.05, 0) is 57.2 Å². The Hall–Kier alpha value is -3.67. The number of hydrogen-bond acceptors (Lipinski definition) is 11. The summed E-state index contributed by atoms with van der Waals surface area (Å²) in [6.45, 7) is 13.2. The molecule has 2 heterocycles. The van der Waals surface area contributed by atoms with Crippen LogP contribution in [0, 0.1) is 23.7 Å². The first-order chi connectivity index (χ1) is 27.6. The van der Waals surface area contributed by atoms with Gasteiger partial charge in [0.1, 0.15) is 12.1 Å². The van der Waals surface area contributed by atoms with Crippen LogP contribution in [0.2, 0.25) is 0 Å². The maximum Gasteiger partial charge on any atom is 0.442 e. The third kappa shape index (κ3) is 11.8. The van der Waals surface area contributed by atoms with E-state index in [4.69, 9.17) is 14.2 Å². The van der Waals surface area contributed by atoms with Crippen molar-refractivity contribution in [1.29, 1.82) is 0 Å². The average Bonchev–Trinajstić information content (AvgIpc) is 3.87. The zero-order valence-corrected chi connectivity index (χ0v) is 36.8. The van der Waals surface area contributed by atoms with Crippen molar-refractivity contribution in [3.63, 3.8) is 0 Å². The van der Waals surface area contributed by atoms with E-state index in [1.54, 1.807) is 23.8 Å². The average molecular weight is 841 g/mol. The Kier molecular flexibility index (Phi) is 17.9. The summed E-state index contributed by atoms with van der Waals surface area (Å²) in [6.07, 6.45) is -5.13. The van der Waals surface area contributed by atoms with Crippen LogP contribution in [0.25, 0.3) is 0 Å². The molecule has 59 heavy (non-hydrogen) atoms. The molecule has 0 saturated carbocycles. The Labute approximate surface area is 347 Å². The molecule has 1 fully saturated rings. The van der Waals surface area contributed by atoms with Crippen molar-refractivity contribution < 1.29 is 51.7 Å². The number of ether oxygens (including phenoxy) is 3. The molecule has 0 bridgehead atoms. The molecule has 1 unspecified atom stereocenters. The van der Waals surface area contributed by atoms with E-state index in [-0.39, 0.29) is 53.9 Å². The number of likely N-dealkylation sites (tertiary alicyclic amines) is 1. The minimum atomic E-state index is -4.66. The van der Waals surface area contributed by atoms with Gasteiger partial charge in [-0.25, -0.2) is 0 Å². The number of esters is 1. The fourth-order valence-corrected chi connectivity index (χ4v) is 8.37. The highest BCUT2D eigenvalue weighted by atomic mass is 19.4. The lowest BCUT2D eigenvalue weighted by Crippen LogP contribution is -2.59. The van der Waals surface area contributed by atoms with E-state index in [1.165, 1.54) is 38.5 Å². The van der Waals surface area contributed by atoms with Crippen molar-refractivity contribution in [2.75, 3.05) is 48.5 Å². The Morgan fingerprint density at radius 2 is 1.59 bits per heavy atom. The number of nitrogens with one attached hydrogen (secondary N) is 1. The van der Waals surface area contributed by atoms with Crippen molar-refractivity contribution in [1.82, 2.24) is 20.0 Å². The number of halogens is 3. The zero-order valence-electron chi connectivity index (χ0n) is 36.8. The van der Waals surface area contributed by atoms with Crippen molar-refractivity contribution in [2.24, 2.45) is 33.9 Å². The number of rotatable bonds is 22. The molecule has 17 heteroatoms. The number of amides is 3. The van der Waals surface area contributed by atoms with Crippen LogP contribution in [0.5, 0.6) is 0 Å². The van der Waals surface area contributed by atoms with Gasteiger partial charge in [-0.2, -0.15) is 13.2 Å². The van der Waals surface area contributed by atoms with Gasteiger partial charge in [0.15, 0.2) is 0 Å². The monoisotopic (exact) mass is 840 g/mol. The zero-order chi connectivity index (χ0) is 44.6. The van der Waals surface area contributed by atoms with Gasteiger partial charge in [0.25, 0.3) is 0 Å². The molecule has 9 atom stereocenters. The molecule has 2 aliphatic heterocycles. The van der Waals surface area contributed by atoms with Crippen LogP contribution >= 0.6 is 0 Å². The fourth-order valence-electron chi connectivity index (χ4n) is 8.37. The van der Waals surface area contributed by atoms with Crippen molar-refractivity contribution in [2.45, 2.75) is 135 Å². The summed E-state index contributed by atoms with van der Waals surface area (Å²) in [5.74, 6) is -2.56. The number of aliphatic hydroxyl groups is 1. The van der Waals surface area contributed by atoms with Crippen LogP contribution in [0.15, 0.2) is 34.5 Å². The first kappa shape index (κ1) is 49.7. The van der Waals surface area contributed by atoms with E-state index in [9.17, 15) is 37.5 Å². The number of methoxy groups -OCH3 is 2. The number of carbonyl (C=O) groups excluding carboxylic acids is 4. The SMILES string of the molecule is CC[C@H](C)[C@@H](C(=O)N[C@H](C(=O)N(C)[C@@H](C(C)C)[C@@H](CC(=O)N1CCC[C@H]1[C@H](OC)[C@@H](C)C(=O)OC(CO)Cc1ccc(C2(C(F)(F)F)N=N2)cc1)OC)C(C)C)N(C)C. The highest BCUT2D eigenvalue weighted by molar-refractivity contribution is 5.90. The first-order valence-corrected chi connectivity index (χ1v) is 20.6. The minimum absolute atomic E-state index is 0.0412. The van der Waals surface area contributed by atoms with E-state index in [1.807, 2.05) is 60.5 Å². The molecule has 2 N–H and O–H groups in total. The van der Waals surface area contributed by atoms with Crippen LogP contribution in [0.3, 0.4) is 0 Å². The molecule has 0 aliphatic carbocycles. The normalized spacial score (nSPS) is 20.5. The molecule has 14 nitrogen and oxygen atoms in total. The van der Waals surface area contributed by atoms with E-state index < -0.39 is 72.8 Å². The number of likely N-dealkylation sites (N-methyl/N-ethyl adjacent to an activating group) is 2. The van der Waals surface area contributed by atoms with Gasteiger partial charge >= 0.3 is 17.8 Å². The molecule has 3 rings (SSSR count). The molecular formula is C42H67F3N6O8. The lowest BCUT2D eigenvalue weighted by Gasteiger charge is -2.40. The van der Waals surface area contributed by atoms with Gasteiger partial charge in [-0.1, -0.05) is 72.2 Å². The van der Waals surface area contributed by atoms with Gasteiger partial charge < -0.3 is 34.4 Å². The number of carbonyl (C=O) groups is 4. The summed E-state index contributed by atoms with van der Waals surface area (Å²) < 4.78 is 57.8. The van der Waals surface area contributed by atoms with E-state index >= 15 is 0 Å². The van der Waals surface area contributed by atoms with E-state index in [0.29, 0.717) is 24.9 Å². The van der Waals surface area contributed by atoms with E-state index in [0.717, 1.165) is 6.42 Å². The second-order valence-electron chi connectivity index (χ2n) is 17.0. The van der Waals surface area contributed by atoms with Crippen LogP contribution in [0.1, 0.15) is 85.3 Å². The van der Waals surface area contributed by atoms with Crippen molar-refractivity contribution >= 4 is 23.7 Å². The Balaban J connectivity index is 1.71. The third-order valence-electron chi connectivity index (χ3n) is 11.9. The van der Waals surface area contributed by atoms with Gasteiger partial charge in [0, 0.05) is 39.8 Å². The van der Waals surface area contributed by atoms with Crippen LogP contribution in [0.4, 0.5) is 13.2 Å². The third-order valence-corrected chi connectivity index (χ3v) is 11.9. The molecule has 1 aromatic carbocycles. The quantitative estimate of drug-likeness (QED) is 0.154. The van der Waals surface area contributed by atoms with Crippen molar-refractivity contribution in [3.05, 3.63) is 35.4 Å². The molecule has 1 aromatic rings. The molecule has 0 spiro atoms. The standard InChI is InChI=1S/C42H67F3N6O8/c1-13-26(6)36(49(8)9)38(54)46-34(24(2)3)39(55)50(10)35(25(4)5)32(57-11)22-33(53)51-20-14-15-31(51)37(58-12)27(7)40(56)59-30(23-52)21-28-16-18-29(19-17-28)41(47-48-41)42(43,44)45/h16-19,24-27,30-32,34-37,52H,13-15,20-23H2,1-12H3,(H,46,54)/t26-,27+,30?,31-,32+,34-,35-,36-,37+/m0/s1. The highest BCUT2D eigenvalue weighted by Gasteiger charge is 2.65. The predicted octanol–water partition coefficient (Wildman–Crippen LogP) is 4.96. The van der Waals surface area contributed by atoms with Crippen molar-refractivity contribution in [3.8, 4) is 0 Å². The lowest BCUT2D eigenvalue weighted by molar-refractivity contribution is -0.166. The van der Waals surface area contributed by atoms with Gasteiger partial charge in [-0.3, -0.25) is 24.1 Å². The Bertz CT molecular complexity index is 1590. The smallest absolute Gasteiger partial charge is 0.442 e. The van der Waals surface area contributed by atoms with Gasteiger partial charge in [0.05, 0.1) is 49.3 Å². The first-order valence-electron chi connectivity index (χ1n) is 20.6. The summed E-state index contributed by atoms with van der Waals surface area (Å²) in [5, 5.41) is 19.5. The molecule has 3 amide bonds. The van der Waals surface area contributed by atoms with E-state index in [2.05, 4.69) is 15.5 Å². The number of aliphatic hydroxyl groups excluding tert-OH is 1. The lowest BCUT2D eigenvalue weighted by atomic mass is 9.91. The number of nitrogens with zero attached hydrogens (tertiary/aromatic N) is 5. The van der Waals surface area contributed by atoms with Crippen LogP contribution < -0.4 is 5.32 Å². The number of benzene rings is 1. The maximum atomic E-state index is 14.2. The fraction of sp³-hybridized carbons (Fsp3) is 0.762. The largest absolute Gasteiger partial charge is 0.459 e. The molecule has 1 saturated heterocycles. The molecule has 2 aliphatic rings. The number of hydrogen-bond donors (Lipinski definition) is 2. The van der Waals surface area contributed by atoms with Gasteiger partial charge in [-0.15, -0.1) is 10.2 Å². The predicted molar refractivity (Wildman–Crippen MR) is 215 cm³/mol. The Morgan fingerprint density at radius 3 is 2.05 bits per heavy atom. The second-order valence-corrected chi connectivity index (χ2v) is 17.0. The minimum Gasteiger partial charge on any atom is -0.459 e. The van der Waals surface area contributed by atoms with Gasteiger partial charge in [0.2, 0.25) is 17.7 Å². The van der Waals surface area contributed by atoms with Crippen LogP contribution in [-0.2, 0) is 45.5 Å². The summed E-state index contributed by atoms with van der Waals surface area (Å²) >= 11 is 0.